The lowest BCUT2D eigenvalue weighted by molar-refractivity contribution is 0.522. The van der Waals surface area contributed by atoms with E-state index in [9.17, 15) is 0 Å². The summed E-state index contributed by atoms with van der Waals surface area (Å²) in [5.41, 5.74) is 4.58. The summed E-state index contributed by atoms with van der Waals surface area (Å²) in [6.07, 6.45) is 0. The summed E-state index contributed by atoms with van der Waals surface area (Å²) in [4.78, 5) is 0. The second-order valence-electron chi connectivity index (χ2n) is 5.41. The molecule has 1 aromatic heterocycles. The van der Waals surface area contributed by atoms with Crippen molar-refractivity contribution in [3.63, 3.8) is 0 Å². The van der Waals surface area contributed by atoms with Gasteiger partial charge in [0.2, 0.25) is 0 Å². The zero-order valence-corrected chi connectivity index (χ0v) is 14.6. The van der Waals surface area contributed by atoms with Gasteiger partial charge in [0.25, 0.3) is 0 Å². The molecule has 0 saturated carbocycles. The van der Waals surface area contributed by atoms with E-state index in [1.807, 2.05) is 12.1 Å². The predicted molar refractivity (Wildman–Crippen MR) is 96.9 cm³/mol. The molecule has 1 atom stereocenters. The molecule has 3 heteroatoms. The zero-order chi connectivity index (χ0) is 15.0. The lowest BCUT2D eigenvalue weighted by atomic mass is 10.1. The van der Waals surface area contributed by atoms with Crippen LogP contribution in [0.1, 0.15) is 29.9 Å². The number of benzene rings is 2. The summed E-state index contributed by atoms with van der Waals surface area (Å²) in [7, 11) is 0. The molecule has 108 valence electrons. The SMILES string of the molecule is Cc1cc(I)ccc1NC(C)c1oc2ccccc2c1C. The molecule has 0 aliphatic heterocycles. The molecule has 0 amide bonds. The van der Waals surface area contributed by atoms with Gasteiger partial charge in [-0.3, -0.25) is 0 Å². The Kier molecular flexibility index (Phi) is 3.93. The van der Waals surface area contributed by atoms with Crippen molar-refractivity contribution in [1.82, 2.24) is 0 Å². The highest BCUT2D eigenvalue weighted by molar-refractivity contribution is 14.1. The Labute approximate surface area is 138 Å². The first-order valence-corrected chi connectivity index (χ1v) is 8.15. The van der Waals surface area contributed by atoms with E-state index in [-0.39, 0.29) is 6.04 Å². The summed E-state index contributed by atoms with van der Waals surface area (Å²) in [6, 6.07) is 14.8. The van der Waals surface area contributed by atoms with Crippen LogP contribution in [0.25, 0.3) is 11.0 Å². The Morgan fingerprint density at radius 3 is 2.57 bits per heavy atom. The minimum Gasteiger partial charge on any atom is -0.459 e. The first-order valence-electron chi connectivity index (χ1n) is 7.07. The van der Waals surface area contributed by atoms with Crippen LogP contribution < -0.4 is 5.32 Å². The van der Waals surface area contributed by atoms with E-state index in [0.717, 1.165) is 17.0 Å². The first kappa shape index (κ1) is 14.4. The molecule has 0 aliphatic rings. The van der Waals surface area contributed by atoms with Crippen molar-refractivity contribution in [1.29, 1.82) is 0 Å². The highest BCUT2D eigenvalue weighted by atomic mass is 127. The van der Waals surface area contributed by atoms with Crippen LogP contribution in [0.4, 0.5) is 5.69 Å². The maximum Gasteiger partial charge on any atom is 0.134 e. The maximum atomic E-state index is 6.03. The summed E-state index contributed by atoms with van der Waals surface area (Å²) in [5, 5.41) is 4.75. The van der Waals surface area contributed by atoms with Gasteiger partial charge in [0.05, 0.1) is 6.04 Å². The quantitative estimate of drug-likeness (QED) is 0.569. The van der Waals surface area contributed by atoms with Crippen molar-refractivity contribution in [2.24, 2.45) is 0 Å². The smallest absolute Gasteiger partial charge is 0.134 e. The molecule has 3 rings (SSSR count). The monoisotopic (exact) mass is 391 g/mol. The van der Waals surface area contributed by atoms with E-state index in [2.05, 4.69) is 79.0 Å². The molecule has 1 heterocycles. The van der Waals surface area contributed by atoms with Gasteiger partial charge >= 0.3 is 0 Å². The molecule has 1 unspecified atom stereocenters. The number of nitrogens with one attached hydrogen (secondary N) is 1. The van der Waals surface area contributed by atoms with Crippen LogP contribution in [0.15, 0.2) is 46.9 Å². The van der Waals surface area contributed by atoms with E-state index in [0.29, 0.717) is 0 Å². The minimum atomic E-state index is 0.135. The number of halogens is 1. The number of para-hydroxylation sites is 1. The van der Waals surface area contributed by atoms with Gasteiger partial charge in [-0.1, -0.05) is 18.2 Å². The fraction of sp³-hybridized carbons (Fsp3) is 0.222. The molecule has 0 spiro atoms. The molecule has 0 radical (unpaired) electrons. The largest absolute Gasteiger partial charge is 0.459 e. The van der Waals surface area contributed by atoms with Crippen LogP contribution in [0.3, 0.4) is 0 Å². The molecule has 0 saturated heterocycles. The van der Waals surface area contributed by atoms with Gasteiger partial charge in [-0.25, -0.2) is 0 Å². The summed E-state index contributed by atoms with van der Waals surface area (Å²) in [6.45, 7) is 6.39. The standard InChI is InChI=1S/C18H18INO/c1-11-10-14(19)8-9-16(11)20-13(3)18-12(2)15-6-4-5-7-17(15)21-18/h4-10,13,20H,1-3H3. The third kappa shape index (κ3) is 2.79. The summed E-state index contributed by atoms with van der Waals surface area (Å²) >= 11 is 2.34. The Morgan fingerprint density at radius 2 is 1.86 bits per heavy atom. The fourth-order valence-electron chi connectivity index (χ4n) is 2.69. The van der Waals surface area contributed by atoms with Crippen molar-refractivity contribution in [3.05, 3.63) is 62.9 Å². The Balaban J connectivity index is 1.93. The van der Waals surface area contributed by atoms with Crippen molar-refractivity contribution >= 4 is 39.2 Å². The number of anilines is 1. The molecule has 0 aliphatic carbocycles. The number of rotatable bonds is 3. The lowest BCUT2D eigenvalue weighted by Gasteiger charge is -2.16. The minimum absolute atomic E-state index is 0.135. The topological polar surface area (TPSA) is 25.2 Å². The van der Waals surface area contributed by atoms with E-state index in [4.69, 9.17) is 4.42 Å². The van der Waals surface area contributed by atoms with E-state index >= 15 is 0 Å². The van der Waals surface area contributed by atoms with Gasteiger partial charge in [0, 0.05) is 20.2 Å². The maximum absolute atomic E-state index is 6.03. The van der Waals surface area contributed by atoms with Crippen LogP contribution in [0.2, 0.25) is 0 Å². The van der Waals surface area contributed by atoms with Gasteiger partial charge in [-0.05, 0) is 73.2 Å². The Hall–Kier alpha value is -1.49. The van der Waals surface area contributed by atoms with Crippen molar-refractivity contribution in [3.8, 4) is 0 Å². The number of aryl methyl sites for hydroxylation is 2. The number of hydrogen-bond donors (Lipinski definition) is 1. The second kappa shape index (κ2) is 5.72. The van der Waals surface area contributed by atoms with Crippen molar-refractivity contribution in [2.75, 3.05) is 5.32 Å². The van der Waals surface area contributed by atoms with Gasteiger partial charge < -0.3 is 9.73 Å². The molecule has 2 nitrogen and oxygen atoms in total. The van der Waals surface area contributed by atoms with Gasteiger partial charge in [-0.15, -0.1) is 0 Å². The number of furan rings is 1. The van der Waals surface area contributed by atoms with E-state index in [1.165, 1.54) is 20.1 Å². The Morgan fingerprint density at radius 1 is 1.10 bits per heavy atom. The molecule has 0 bridgehead atoms. The molecule has 2 aromatic carbocycles. The second-order valence-corrected chi connectivity index (χ2v) is 6.66. The van der Waals surface area contributed by atoms with Crippen LogP contribution in [0, 0.1) is 17.4 Å². The zero-order valence-electron chi connectivity index (χ0n) is 12.4. The molecule has 21 heavy (non-hydrogen) atoms. The highest BCUT2D eigenvalue weighted by Gasteiger charge is 2.16. The lowest BCUT2D eigenvalue weighted by Crippen LogP contribution is -2.08. The molecular weight excluding hydrogens is 373 g/mol. The normalized spacial score (nSPS) is 12.6. The Bertz CT molecular complexity index is 791. The van der Waals surface area contributed by atoms with Crippen LogP contribution >= 0.6 is 22.6 Å². The van der Waals surface area contributed by atoms with Crippen molar-refractivity contribution < 1.29 is 4.42 Å². The predicted octanol–water partition coefficient (Wildman–Crippen LogP) is 5.83. The summed E-state index contributed by atoms with van der Waals surface area (Å²) in [5.74, 6) is 1.01. The fourth-order valence-corrected chi connectivity index (χ4v) is 3.34. The number of hydrogen-bond acceptors (Lipinski definition) is 2. The number of fused-ring (bicyclic) bond motifs is 1. The third-order valence-electron chi connectivity index (χ3n) is 3.83. The average molecular weight is 391 g/mol. The highest BCUT2D eigenvalue weighted by Crippen LogP contribution is 2.31. The van der Waals surface area contributed by atoms with Gasteiger partial charge in [0.15, 0.2) is 0 Å². The van der Waals surface area contributed by atoms with Crippen molar-refractivity contribution in [2.45, 2.75) is 26.8 Å². The molecule has 0 fully saturated rings. The summed E-state index contributed by atoms with van der Waals surface area (Å²) < 4.78 is 7.29. The first-order chi connectivity index (χ1) is 10.1. The van der Waals surface area contributed by atoms with Gasteiger partial charge in [0.1, 0.15) is 11.3 Å². The van der Waals surface area contributed by atoms with Gasteiger partial charge in [-0.2, -0.15) is 0 Å². The van der Waals surface area contributed by atoms with Crippen LogP contribution in [0.5, 0.6) is 0 Å². The molecular formula is C18H18INO. The average Bonchev–Trinajstić information content (AvgIpc) is 2.80. The molecule has 1 N–H and O–H groups in total. The van der Waals surface area contributed by atoms with Crippen LogP contribution in [-0.2, 0) is 0 Å². The van der Waals surface area contributed by atoms with E-state index in [1.54, 1.807) is 0 Å². The van der Waals surface area contributed by atoms with E-state index < -0.39 is 0 Å². The van der Waals surface area contributed by atoms with Crippen LogP contribution in [-0.4, -0.2) is 0 Å². The molecule has 3 aromatic rings. The third-order valence-corrected chi connectivity index (χ3v) is 4.51.